The summed E-state index contributed by atoms with van der Waals surface area (Å²) in [4.78, 5) is 22.9. The summed E-state index contributed by atoms with van der Waals surface area (Å²) in [7, 11) is 1.13. The number of methoxy groups -OCH3 is 1. The second-order valence-corrected chi connectivity index (χ2v) is 5.27. The van der Waals surface area contributed by atoms with Crippen LogP contribution in [0.5, 0.6) is 0 Å². The number of hydrogen-bond donors (Lipinski definition) is 1. The maximum absolute atomic E-state index is 13.2. The van der Waals surface area contributed by atoms with Gasteiger partial charge < -0.3 is 14.8 Å². The van der Waals surface area contributed by atoms with Gasteiger partial charge in [-0.3, -0.25) is 4.79 Å². The van der Waals surface area contributed by atoms with Crippen molar-refractivity contribution in [2.45, 2.75) is 25.6 Å². The maximum Gasteiger partial charge on any atom is 0.431 e. The highest BCUT2D eigenvalue weighted by atomic mass is 35.5. The van der Waals surface area contributed by atoms with Crippen LogP contribution in [-0.4, -0.2) is 31.8 Å². The molecule has 0 heterocycles. The lowest BCUT2D eigenvalue weighted by Gasteiger charge is -2.23. The van der Waals surface area contributed by atoms with E-state index in [1.54, 1.807) is 0 Å². The average Bonchev–Trinajstić information content (AvgIpc) is 2.53. The second kappa shape index (κ2) is 9.31. The van der Waals surface area contributed by atoms with Gasteiger partial charge in [0, 0.05) is 5.02 Å². The van der Waals surface area contributed by atoms with Gasteiger partial charge in [-0.2, -0.15) is 13.2 Å². The molecule has 5 nitrogen and oxygen atoms in total. The number of rotatable bonds is 7. The summed E-state index contributed by atoms with van der Waals surface area (Å²) in [6.45, 7) is 1.41. The van der Waals surface area contributed by atoms with E-state index in [0.717, 1.165) is 7.11 Å². The third kappa shape index (κ3) is 7.04. The first-order chi connectivity index (χ1) is 11.7. The van der Waals surface area contributed by atoms with Crippen LogP contribution in [0.1, 0.15) is 24.9 Å². The molecule has 1 unspecified atom stereocenters. The summed E-state index contributed by atoms with van der Waals surface area (Å²) in [6.07, 6.45) is -4.91. The molecule has 0 aliphatic heterocycles. The molecule has 0 fully saturated rings. The van der Waals surface area contributed by atoms with Gasteiger partial charge in [0.05, 0.1) is 32.3 Å². The Morgan fingerprint density at radius 2 is 1.88 bits per heavy atom. The Balaban J connectivity index is 3.16. The van der Waals surface area contributed by atoms with Gasteiger partial charge in [0.15, 0.2) is 0 Å². The number of halogens is 4. The van der Waals surface area contributed by atoms with Gasteiger partial charge in [-0.25, -0.2) is 4.79 Å². The zero-order chi connectivity index (χ0) is 19.0. The lowest BCUT2D eigenvalue weighted by atomic mass is 10.0. The third-order valence-corrected chi connectivity index (χ3v) is 3.31. The Labute approximate surface area is 147 Å². The summed E-state index contributed by atoms with van der Waals surface area (Å²) in [5.74, 6) is -1.86. The average molecular weight is 380 g/mol. The van der Waals surface area contributed by atoms with Gasteiger partial charge in [0.2, 0.25) is 0 Å². The minimum absolute atomic E-state index is 0.0662. The highest BCUT2D eigenvalue weighted by molar-refractivity contribution is 6.30. The zero-order valence-electron chi connectivity index (χ0n) is 13.5. The number of alkyl halides is 3. The highest BCUT2D eigenvalue weighted by Gasteiger charge is 2.36. The number of carbonyl (C=O) groups is 2. The summed E-state index contributed by atoms with van der Waals surface area (Å²) >= 11 is 5.77. The lowest BCUT2D eigenvalue weighted by molar-refractivity contribution is -0.141. The van der Waals surface area contributed by atoms with Gasteiger partial charge in [-0.1, -0.05) is 23.7 Å². The number of nitrogens with one attached hydrogen (secondary N) is 1. The van der Waals surface area contributed by atoms with E-state index in [-0.39, 0.29) is 13.0 Å². The van der Waals surface area contributed by atoms with Gasteiger partial charge in [-0.05, 0) is 24.6 Å². The van der Waals surface area contributed by atoms with Crippen LogP contribution in [0, 0.1) is 0 Å². The Hall–Kier alpha value is -2.22. The van der Waals surface area contributed by atoms with Gasteiger partial charge in [0.1, 0.15) is 5.70 Å². The molecule has 0 aromatic heterocycles. The van der Waals surface area contributed by atoms with Crippen molar-refractivity contribution in [3.63, 3.8) is 0 Å². The summed E-state index contributed by atoms with van der Waals surface area (Å²) in [5, 5.41) is 2.56. The quantitative estimate of drug-likeness (QED) is 0.580. The van der Waals surface area contributed by atoms with Crippen LogP contribution >= 0.6 is 11.6 Å². The molecule has 0 aliphatic rings. The molecule has 0 spiro atoms. The SMILES string of the molecule is CCOC(=O)/C=C(/NC(CC(=O)OC)c1ccc(Cl)cc1)C(F)(F)F. The van der Waals surface area contributed by atoms with Crippen molar-refractivity contribution in [2.24, 2.45) is 0 Å². The van der Waals surface area contributed by atoms with Gasteiger partial charge in [0.25, 0.3) is 0 Å². The molecule has 9 heteroatoms. The molecular formula is C16H17ClF3NO4. The zero-order valence-corrected chi connectivity index (χ0v) is 14.3. The summed E-state index contributed by atoms with van der Waals surface area (Å²) in [5.41, 5.74) is -0.955. The number of allylic oxidation sites excluding steroid dienone is 1. The van der Waals surface area contributed by atoms with Crippen LogP contribution in [-0.2, 0) is 19.1 Å². The van der Waals surface area contributed by atoms with Crippen molar-refractivity contribution in [1.82, 2.24) is 5.32 Å². The molecule has 1 atom stereocenters. The monoisotopic (exact) mass is 379 g/mol. The fourth-order valence-corrected chi connectivity index (χ4v) is 2.02. The molecule has 0 saturated heterocycles. The standard InChI is InChI=1S/C16H17ClF3NO4/c1-3-25-15(23)9-13(16(18,19)20)21-12(8-14(22)24-2)10-4-6-11(17)7-5-10/h4-7,9,12,21H,3,8H2,1-2H3/b13-9+. The molecule has 0 saturated carbocycles. The fourth-order valence-electron chi connectivity index (χ4n) is 1.89. The van der Waals surface area contributed by atoms with E-state index < -0.39 is 29.9 Å². The fraction of sp³-hybridized carbons (Fsp3) is 0.375. The van der Waals surface area contributed by atoms with E-state index in [0.29, 0.717) is 16.7 Å². The number of esters is 2. The van der Waals surface area contributed by atoms with Crippen LogP contribution in [0.2, 0.25) is 5.02 Å². The molecule has 25 heavy (non-hydrogen) atoms. The Morgan fingerprint density at radius 1 is 1.28 bits per heavy atom. The molecule has 0 bridgehead atoms. The highest BCUT2D eigenvalue weighted by Crippen LogP contribution is 2.28. The van der Waals surface area contributed by atoms with Crippen LogP contribution < -0.4 is 5.32 Å². The first-order valence-corrected chi connectivity index (χ1v) is 7.59. The van der Waals surface area contributed by atoms with Crippen molar-refractivity contribution in [2.75, 3.05) is 13.7 Å². The minimum atomic E-state index is -4.84. The number of hydrogen-bond acceptors (Lipinski definition) is 5. The Bertz CT molecular complexity index is 629. The van der Waals surface area contributed by atoms with E-state index >= 15 is 0 Å². The topological polar surface area (TPSA) is 64.6 Å². The van der Waals surface area contributed by atoms with Crippen molar-refractivity contribution in [3.05, 3.63) is 46.6 Å². The van der Waals surface area contributed by atoms with E-state index in [2.05, 4.69) is 14.8 Å². The number of benzene rings is 1. The van der Waals surface area contributed by atoms with Crippen LogP contribution in [0.15, 0.2) is 36.0 Å². The predicted octanol–water partition coefficient (Wildman–Crippen LogP) is 3.54. The smallest absolute Gasteiger partial charge is 0.431 e. The summed E-state index contributed by atoms with van der Waals surface area (Å²) in [6, 6.07) is 4.82. The molecule has 0 radical (unpaired) electrons. The minimum Gasteiger partial charge on any atom is -0.469 e. The lowest BCUT2D eigenvalue weighted by Crippen LogP contribution is -2.32. The van der Waals surface area contributed by atoms with Crippen molar-refractivity contribution < 1.29 is 32.2 Å². The maximum atomic E-state index is 13.2. The van der Waals surface area contributed by atoms with Crippen molar-refractivity contribution in [3.8, 4) is 0 Å². The first kappa shape index (κ1) is 20.8. The van der Waals surface area contributed by atoms with Crippen LogP contribution in [0.25, 0.3) is 0 Å². The van der Waals surface area contributed by atoms with Gasteiger partial charge in [-0.15, -0.1) is 0 Å². The largest absolute Gasteiger partial charge is 0.469 e. The Kier molecular flexibility index (Phi) is 7.76. The number of carbonyl (C=O) groups excluding carboxylic acids is 2. The van der Waals surface area contributed by atoms with Crippen molar-refractivity contribution >= 4 is 23.5 Å². The predicted molar refractivity (Wildman–Crippen MR) is 84.7 cm³/mol. The summed E-state index contributed by atoms with van der Waals surface area (Å²) < 4.78 is 48.6. The van der Waals surface area contributed by atoms with Gasteiger partial charge >= 0.3 is 18.1 Å². The number of ether oxygens (including phenoxy) is 2. The molecule has 0 amide bonds. The molecule has 1 N–H and O–H groups in total. The normalized spacial score (nSPS) is 13.1. The molecular weight excluding hydrogens is 363 g/mol. The van der Waals surface area contributed by atoms with Crippen LogP contribution in [0.4, 0.5) is 13.2 Å². The molecule has 1 rings (SSSR count). The van der Waals surface area contributed by atoms with E-state index in [1.807, 2.05) is 0 Å². The van der Waals surface area contributed by atoms with Crippen LogP contribution in [0.3, 0.4) is 0 Å². The molecule has 1 aromatic carbocycles. The molecule has 0 aliphatic carbocycles. The second-order valence-electron chi connectivity index (χ2n) is 4.84. The van der Waals surface area contributed by atoms with E-state index in [1.165, 1.54) is 31.2 Å². The molecule has 1 aromatic rings. The Morgan fingerprint density at radius 3 is 2.36 bits per heavy atom. The third-order valence-electron chi connectivity index (χ3n) is 3.05. The molecule has 138 valence electrons. The first-order valence-electron chi connectivity index (χ1n) is 7.21. The van der Waals surface area contributed by atoms with E-state index in [9.17, 15) is 22.8 Å². The van der Waals surface area contributed by atoms with Crippen molar-refractivity contribution in [1.29, 1.82) is 0 Å². The van der Waals surface area contributed by atoms with E-state index in [4.69, 9.17) is 11.6 Å².